The van der Waals surface area contributed by atoms with Gasteiger partial charge in [0.2, 0.25) is 5.70 Å². The summed E-state index contributed by atoms with van der Waals surface area (Å²) in [7, 11) is 0. The molecule has 5 rings (SSSR count). The van der Waals surface area contributed by atoms with Crippen molar-refractivity contribution in [1.82, 2.24) is 5.32 Å². The van der Waals surface area contributed by atoms with Crippen molar-refractivity contribution in [3.05, 3.63) is 82.7 Å². The Morgan fingerprint density at radius 1 is 0.926 bits per heavy atom. The van der Waals surface area contributed by atoms with Gasteiger partial charge < -0.3 is 0 Å². The SMILES string of the molecule is C=C1C=CCCNC2(CC3=C(C=CCC3)C3=CCCC=[N+]32)C2=CCCC=C12. The first-order valence-electron chi connectivity index (χ1n) is 10.5. The summed E-state index contributed by atoms with van der Waals surface area (Å²) in [6.45, 7) is 5.41. The maximum Gasteiger partial charge on any atom is 0.252 e. The van der Waals surface area contributed by atoms with Crippen LogP contribution in [0.2, 0.25) is 0 Å². The van der Waals surface area contributed by atoms with Gasteiger partial charge in [0.15, 0.2) is 0 Å². The highest BCUT2D eigenvalue weighted by atomic mass is 15.3. The molecule has 2 nitrogen and oxygen atoms in total. The molecule has 0 saturated carbocycles. The predicted molar refractivity (Wildman–Crippen MR) is 113 cm³/mol. The van der Waals surface area contributed by atoms with Gasteiger partial charge in [-0.3, -0.25) is 5.32 Å². The van der Waals surface area contributed by atoms with Crippen LogP contribution in [0, 0.1) is 0 Å². The van der Waals surface area contributed by atoms with Gasteiger partial charge in [-0.25, -0.2) is 0 Å². The van der Waals surface area contributed by atoms with Gasteiger partial charge in [-0.1, -0.05) is 43.0 Å². The second-order valence-corrected chi connectivity index (χ2v) is 8.17. The number of allylic oxidation sites excluding steroid dienone is 7. The summed E-state index contributed by atoms with van der Waals surface area (Å²) in [5.41, 5.74) is 8.28. The van der Waals surface area contributed by atoms with Gasteiger partial charge in [-0.2, -0.15) is 4.58 Å². The minimum absolute atomic E-state index is 0.169. The number of rotatable bonds is 0. The van der Waals surface area contributed by atoms with Crippen molar-refractivity contribution >= 4 is 6.21 Å². The fourth-order valence-electron chi connectivity index (χ4n) is 5.29. The van der Waals surface area contributed by atoms with E-state index < -0.39 is 0 Å². The molecule has 0 aromatic carbocycles. The standard InChI is InChI=1S/C25H29N2/c1-19-10-6-8-16-26-25(23-14-5-4-12-21(19)23)18-20-11-2-3-13-22(20)24-15-7-9-17-27(24)25/h3,6,10,12-15,17,26H,1-2,4-5,7-9,11,16,18H2/q+1. The Morgan fingerprint density at radius 2 is 1.78 bits per heavy atom. The Labute approximate surface area is 162 Å². The van der Waals surface area contributed by atoms with E-state index in [-0.39, 0.29) is 5.66 Å². The van der Waals surface area contributed by atoms with Gasteiger partial charge in [-0.05, 0) is 61.3 Å². The predicted octanol–water partition coefficient (Wildman–Crippen LogP) is 5.25. The Bertz CT molecular complexity index is 901. The fourth-order valence-corrected chi connectivity index (χ4v) is 5.29. The molecule has 0 bridgehead atoms. The maximum atomic E-state index is 4.42. The fraction of sp³-hybridized carbons (Fsp3) is 0.400. The van der Waals surface area contributed by atoms with Crippen molar-refractivity contribution in [3.63, 3.8) is 0 Å². The first-order chi connectivity index (χ1) is 13.3. The molecular formula is C25H29N2+. The summed E-state index contributed by atoms with van der Waals surface area (Å²) in [5, 5.41) is 4.02. The molecule has 3 aliphatic heterocycles. The highest BCUT2D eigenvalue weighted by molar-refractivity contribution is 5.62. The zero-order chi connectivity index (χ0) is 18.3. The minimum Gasteiger partial charge on any atom is -0.252 e. The molecule has 0 aromatic rings. The molecule has 0 saturated heterocycles. The molecule has 3 heterocycles. The van der Waals surface area contributed by atoms with Crippen LogP contribution in [0.1, 0.15) is 51.4 Å². The summed E-state index contributed by atoms with van der Waals surface area (Å²) in [6.07, 6.45) is 28.0. The summed E-state index contributed by atoms with van der Waals surface area (Å²) < 4.78 is 2.58. The second kappa shape index (κ2) is 6.76. The molecule has 1 atom stereocenters. The third kappa shape index (κ3) is 2.70. The van der Waals surface area contributed by atoms with E-state index in [1.165, 1.54) is 35.3 Å². The molecule has 0 amide bonds. The van der Waals surface area contributed by atoms with Gasteiger partial charge in [0.25, 0.3) is 5.66 Å². The van der Waals surface area contributed by atoms with Crippen LogP contribution in [0.5, 0.6) is 0 Å². The van der Waals surface area contributed by atoms with Crippen LogP contribution in [-0.4, -0.2) is 23.0 Å². The lowest BCUT2D eigenvalue weighted by Gasteiger charge is -2.41. The van der Waals surface area contributed by atoms with Crippen LogP contribution in [0.15, 0.2) is 82.7 Å². The molecule has 5 aliphatic rings. The summed E-state index contributed by atoms with van der Waals surface area (Å²) in [6, 6.07) is 0. The molecule has 0 aromatic heterocycles. The molecule has 2 aliphatic carbocycles. The van der Waals surface area contributed by atoms with Crippen LogP contribution in [0.3, 0.4) is 0 Å². The van der Waals surface area contributed by atoms with Crippen molar-refractivity contribution in [2.75, 3.05) is 6.54 Å². The zero-order valence-corrected chi connectivity index (χ0v) is 16.1. The van der Waals surface area contributed by atoms with Gasteiger partial charge >= 0.3 is 0 Å². The van der Waals surface area contributed by atoms with Crippen molar-refractivity contribution in [2.45, 2.75) is 57.0 Å². The van der Waals surface area contributed by atoms with E-state index in [2.05, 4.69) is 65.2 Å². The Balaban J connectivity index is 1.72. The van der Waals surface area contributed by atoms with Crippen molar-refractivity contribution in [1.29, 1.82) is 0 Å². The molecule has 1 unspecified atom stereocenters. The van der Waals surface area contributed by atoms with E-state index in [1.54, 1.807) is 5.57 Å². The smallest absolute Gasteiger partial charge is 0.252 e. The van der Waals surface area contributed by atoms with Gasteiger partial charge in [-0.15, -0.1) is 0 Å². The number of hydrogen-bond donors (Lipinski definition) is 1. The average Bonchev–Trinajstić information content (AvgIpc) is 2.79. The maximum absolute atomic E-state index is 4.42. The van der Waals surface area contributed by atoms with Gasteiger partial charge in [0.05, 0.1) is 6.42 Å². The number of nitrogens with zero attached hydrogens (tertiary/aromatic N) is 1. The third-order valence-electron chi connectivity index (χ3n) is 6.50. The molecule has 1 spiro atoms. The molecule has 1 N–H and O–H groups in total. The number of fused-ring (bicyclic) bond motifs is 5. The second-order valence-electron chi connectivity index (χ2n) is 8.17. The molecular weight excluding hydrogens is 328 g/mol. The van der Waals surface area contributed by atoms with Crippen LogP contribution in [0.25, 0.3) is 0 Å². The topological polar surface area (TPSA) is 15.0 Å². The van der Waals surface area contributed by atoms with Crippen molar-refractivity contribution < 1.29 is 4.58 Å². The van der Waals surface area contributed by atoms with E-state index in [0.717, 1.165) is 50.6 Å². The zero-order valence-electron chi connectivity index (χ0n) is 16.1. The number of hydrogen-bond acceptors (Lipinski definition) is 1. The van der Waals surface area contributed by atoms with E-state index in [9.17, 15) is 0 Å². The quantitative estimate of drug-likeness (QED) is 0.585. The monoisotopic (exact) mass is 357 g/mol. The average molecular weight is 358 g/mol. The van der Waals surface area contributed by atoms with Crippen molar-refractivity contribution in [3.8, 4) is 0 Å². The Hall–Kier alpha value is -2.19. The van der Waals surface area contributed by atoms with Gasteiger partial charge in [0, 0.05) is 24.1 Å². The number of nitrogens with one attached hydrogen (secondary N) is 1. The first-order valence-corrected chi connectivity index (χ1v) is 10.5. The Kier molecular flexibility index (Phi) is 4.24. The van der Waals surface area contributed by atoms with Crippen LogP contribution < -0.4 is 5.32 Å². The van der Waals surface area contributed by atoms with Crippen molar-refractivity contribution in [2.24, 2.45) is 0 Å². The summed E-state index contributed by atoms with van der Waals surface area (Å²) in [5.74, 6) is 0. The lowest BCUT2D eigenvalue weighted by atomic mass is 9.74. The lowest BCUT2D eigenvalue weighted by molar-refractivity contribution is -0.560. The highest BCUT2D eigenvalue weighted by Crippen LogP contribution is 2.46. The largest absolute Gasteiger partial charge is 0.252 e. The van der Waals surface area contributed by atoms with Crippen LogP contribution in [0.4, 0.5) is 0 Å². The van der Waals surface area contributed by atoms with Gasteiger partial charge in [0.1, 0.15) is 6.21 Å². The van der Waals surface area contributed by atoms with E-state index in [1.807, 2.05) is 0 Å². The molecule has 0 fully saturated rings. The molecule has 27 heavy (non-hydrogen) atoms. The van der Waals surface area contributed by atoms with Crippen LogP contribution in [-0.2, 0) is 0 Å². The molecule has 138 valence electrons. The lowest BCUT2D eigenvalue weighted by Crippen LogP contribution is -2.59. The normalized spacial score (nSPS) is 30.1. The Morgan fingerprint density at radius 3 is 2.74 bits per heavy atom. The van der Waals surface area contributed by atoms with E-state index >= 15 is 0 Å². The third-order valence-corrected chi connectivity index (χ3v) is 6.50. The first kappa shape index (κ1) is 16.9. The highest BCUT2D eigenvalue weighted by Gasteiger charge is 2.52. The minimum atomic E-state index is -0.169. The molecule has 0 radical (unpaired) electrons. The van der Waals surface area contributed by atoms with E-state index in [4.69, 9.17) is 0 Å². The summed E-state index contributed by atoms with van der Waals surface area (Å²) >= 11 is 0. The van der Waals surface area contributed by atoms with E-state index in [0.29, 0.717) is 0 Å². The molecule has 2 heteroatoms. The van der Waals surface area contributed by atoms with Crippen LogP contribution >= 0.6 is 0 Å². The summed E-state index contributed by atoms with van der Waals surface area (Å²) in [4.78, 5) is 0.